The fourth-order valence-corrected chi connectivity index (χ4v) is 9.74. The van der Waals surface area contributed by atoms with Crippen molar-refractivity contribution >= 4 is 86.2 Å². The highest BCUT2D eigenvalue weighted by atomic mass is 32.1. The smallest absolute Gasteiger partial charge is 0.235 e. The average Bonchev–Trinajstić information content (AvgIpc) is 3.92. The Balaban J connectivity index is 1.26. The Morgan fingerprint density at radius 3 is 1.87 bits per heavy atom. The highest BCUT2D eigenvalue weighted by Gasteiger charge is 2.28. The summed E-state index contributed by atoms with van der Waals surface area (Å²) in [6.07, 6.45) is 3.61. The molecule has 12 aromatic rings. The second kappa shape index (κ2) is 11.6. The van der Waals surface area contributed by atoms with Gasteiger partial charge in [-0.05, 0) is 41.5 Å². The first-order chi connectivity index (χ1) is 27.3. The molecule has 0 aliphatic rings. The standard InChI is InChI=1S/C48H28N6S/c1-3-13-29(14-4-1)30-23-25-31(26-24-30)43-33-17-7-10-20-36(33)51-48(52-43)54-38-22-12-9-19-35(38)41-45-40(42-44-39(27-49-28-50-44)55-47(42)46(41)54)34-18-8-11-21-37(34)53(45)32-15-5-2-6-16-32/h1-28H. The summed E-state index contributed by atoms with van der Waals surface area (Å²) in [6.45, 7) is 0. The molecule has 0 N–H and O–H groups in total. The Morgan fingerprint density at radius 1 is 0.473 bits per heavy atom. The van der Waals surface area contributed by atoms with Gasteiger partial charge in [-0.15, -0.1) is 11.3 Å². The number of thiophene rings is 1. The minimum Gasteiger partial charge on any atom is -0.309 e. The lowest BCUT2D eigenvalue weighted by Gasteiger charge is -2.13. The second-order valence-corrected chi connectivity index (χ2v) is 14.9. The molecule has 0 unspecified atom stereocenters. The topological polar surface area (TPSA) is 61.4 Å². The molecule has 0 aliphatic heterocycles. The summed E-state index contributed by atoms with van der Waals surface area (Å²) in [5, 5.41) is 6.80. The Hall–Kier alpha value is -7.22. The van der Waals surface area contributed by atoms with E-state index in [9.17, 15) is 0 Å². The molecule has 12 rings (SSSR count). The lowest BCUT2D eigenvalue weighted by Crippen LogP contribution is -2.03. The molecular formula is C48H28N6S. The van der Waals surface area contributed by atoms with Gasteiger partial charge in [-0.3, -0.25) is 4.57 Å². The molecule has 0 spiro atoms. The minimum absolute atomic E-state index is 0.624. The molecule has 256 valence electrons. The summed E-state index contributed by atoms with van der Waals surface area (Å²) in [6, 6.07) is 55.6. The zero-order valence-electron chi connectivity index (χ0n) is 29.3. The van der Waals surface area contributed by atoms with Gasteiger partial charge in [0.05, 0.1) is 48.2 Å². The quantitative estimate of drug-likeness (QED) is 0.182. The van der Waals surface area contributed by atoms with Gasteiger partial charge in [0.2, 0.25) is 5.95 Å². The van der Waals surface area contributed by atoms with Crippen LogP contribution in [0.25, 0.3) is 109 Å². The molecule has 0 aliphatic carbocycles. The van der Waals surface area contributed by atoms with Crippen molar-refractivity contribution in [1.82, 2.24) is 29.1 Å². The molecule has 7 heteroatoms. The maximum atomic E-state index is 5.50. The van der Waals surface area contributed by atoms with Crippen LogP contribution in [0.5, 0.6) is 0 Å². The first-order valence-electron chi connectivity index (χ1n) is 18.3. The van der Waals surface area contributed by atoms with E-state index in [1.54, 1.807) is 17.7 Å². The van der Waals surface area contributed by atoms with Crippen molar-refractivity contribution in [2.24, 2.45) is 0 Å². The highest BCUT2D eigenvalue weighted by molar-refractivity contribution is 7.26. The fourth-order valence-electron chi connectivity index (χ4n) is 8.56. The SMILES string of the molecule is c1ccc(-c2ccc(-c3nc(-n4c5ccccc5c5c4c4sc6cncnc6c4c4c6ccccc6n(-c6ccccc6)c45)nc4ccccc34)cc2)cc1. The zero-order valence-corrected chi connectivity index (χ0v) is 30.1. The number of fused-ring (bicyclic) bond motifs is 13. The van der Waals surface area contributed by atoms with Gasteiger partial charge in [0, 0.05) is 49.8 Å². The van der Waals surface area contributed by atoms with Crippen LogP contribution in [0, 0.1) is 0 Å². The first kappa shape index (κ1) is 30.3. The van der Waals surface area contributed by atoms with Gasteiger partial charge < -0.3 is 4.57 Å². The summed E-state index contributed by atoms with van der Waals surface area (Å²) in [5.41, 5.74) is 11.6. The molecule has 6 nitrogen and oxygen atoms in total. The molecule has 55 heavy (non-hydrogen) atoms. The zero-order chi connectivity index (χ0) is 36.0. The maximum absolute atomic E-state index is 5.50. The van der Waals surface area contributed by atoms with Crippen molar-refractivity contribution in [2.75, 3.05) is 0 Å². The van der Waals surface area contributed by atoms with Crippen LogP contribution in [0.2, 0.25) is 0 Å². The van der Waals surface area contributed by atoms with Crippen LogP contribution < -0.4 is 0 Å². The summed E-state index contributed by atoms with van der Waals surface area (Å²) < 4.78 is 6.89. The molecule has 5 heterocycles. The Labute approximate surface area is 318 Å². The largest absolute Gasteiger partial charge is 0.309 e. The third-order valence-electron chi connectivity index (χ3n) is 10.9. The number of aromatic nitrogens is 6. The van der Waals surface area contributed by atoms with Gasteiger partial charge in [-0.2, -0.15) is 0 Å². The monoisotopic (exact) mass is 720 g/mol. The molecule has 0 amide bonds. The molecule has 0 saturated heterocycles. The van der Waals surface area contributed by atoms with Gasteiger partial charge in [0.1, 0.15) is 6.33 Å². The number of hydrogen-bond acceptors (Lipinski definition) is 5. The van der Waals surface area contributed by atoms with Crippen LogP contribution in [-0.2, 0) is 0 Å². The van der Waals surface area contributed by atoms with Gasteiger partial charge in [-0.1, -0.05) is 127 Å². The molecular weight excluding hydrogens is 693 g/mol. The molecule has 0 atom stereocenters. The van der Waals surface area contributed by atoms with Crippen molar-refractivity contribution in [3.05, 3.63) is 170 Å². The number of rotatable bonds is 4. The average molecular weight is 721 g/mol. The van der Waals surface area contributed by atoms with E-state index in [0.717, 1.165) is 81.0 Å². The van der Waals surface area contributed by atoms with E-state index < -0.39 is 0 Å². The van der Waals surface area contributed by atoms with E-state index >= 15 is 0 Å². The van der Waals surface area contributed by atoms with Crippen molar-refractivity contribution in [1.29, 1.82) is 0 Å². The molecule has 0 saturated carbocycles. The van der Waals surface area contributed by atoms with Gasteiger partial charge in [0.25, 0.3) is 0 Å². The molecule has 0 bridgehead atoms. The van der Waals surface area contributed by atoms with Crippen molar-refractivity contribution < 1.29 is 0 Å². The van der Waals surface area contributed by atoms with E-state index in [1.165, 1.54) is 21.9 Å². The van der Waals surface area contributed by atoms with Crippen LogP contribution in [0.4, 0.5) is 0 Å². The van der Waals surface area contributed by atoms with Crippen LogP contribution in [-0.4, -0.2) is 29.1 Å². The number of nitrogens with zero attached hydrogens (tertiary/aromatic N) is 6. The predicted molar refractivity (Wildman–Crippen MR) is 228 cm³/mol. The van der Waals surface area contributed by atoms with E-state index in [0.29, 0.717) is 5.95 Å². The van der Waals surface area contributed by atoms with Crippen molar-refractivity contribution in [2.45, 2.75) is 0 Å². The molecule has 5 aromatic heterocycles. The van der Waals surface area contributed by atoms with Gasteiger partial charge in [0.15, 0.2) is 0 Å². The third kappa shape index (κ3) is 4.35. The van der Waals surface area contributed by atoms with Crippen LogP contribution in [0.3, 0.4) is 0 Å². The summed E-state index contributed by atoms with van der Waals surface area (Å²) in [4.78, 5) is 20.3. The van der Waals surface area contributed by atoms with Gasteiger partial charge >= 0.3 is 0 Å². The maximum Gasteiger partial charge on any atom is 0.235 e. The lowest BCUT2D eigenvalue weighted by molar-refractivity contribution is 1.02. The number of hydrogen-bond donors (Lipinski definition) is 0. The van der Waals surface area contributed by atoms with E-state index in [2.05, 4.69) is 166 Å². The Kier molecular flexibility index (Phi) is 6.40. The normalized spacial score (nSPS) is 12.0. The number of benzene rings is 7. The molecule has 0 radical (unpaired) electrons. The van der Waals surface area contributed by atoms with Crippen molar-refractivity contribution in [3.8, 4) is 34.0 Å². The Bertz CT molecular complexity index is 3470. The Morgan fingerprint density at radius 2 is 1.09 bits per heavy atom. The molecule has 0 fully saturated rings. The van der Waals surface area contributed by atoms with E-state index in [1.807, 2.05) is 12.3 Å². The summed E-state index contributed by atoms with van der Waals surface area (Å²) >= 11 is 1.74. The van der Waals surface area contributed by atoms with E-state index in [4.69, 9.17) is 15.0 Å². The van der Waals surface area contributed by atoms with Crippen LogP contribution >= 0.6 is 11.3 Å². The van der Waals surface area contributed by atoms with Crippen molar-refractivity contribution in [3.63, 3.8) is 0 Å². The summed E-state index contributed by atoms with van der Waals surface area (Å²) in [5.74, 6) is 0.624. The molecule has 7 aromatic carbocycles. The fraction of sp³-hybridized carbons (Fsp3) is 0. The summed E-state index contributed by atoms with van der Waals surface area (Å²) in [7, 11) is 0. The lowest BCUT2D eigenvalue weighted by atomic mass is 10.0. The van der Waals surface area contributed by atoms with Gasteiger partial charge in [-0.25, -0.2) is 19.9 Å². The number of para-hydroxylation sites is 4. The highest BCUT2D eigenvalue weighted by Crippen LogP contribution is 2.50. The first-order valence-corrected chi connectivity index (χ1v) is 19.1. The van der Waals surface area contributed by atoms with Crippen LogP contribution in [0.1, 0.15) is 0 Å². The van der Waals surface area contributed by atoms with Crippen LogP contribution in [0.15, 0.2) is 170 Å². The minimum atomic E-state index is 0.624. The predicted octanol–water partition coefficient (Wildman–Crippen LogP) is 12.3. The second-order valence-electron chi connectivity index (χ2n) is 13.9. The van der Waals surface area contributed by atoms with E-state index in [-0.39, 0.29) is 0 Å². The third-order valence-corrected chi connectivity index (χ3v) is 12.0.